The molecule has 140 valence electrons. The molecule has 0 unspecified atom stereocenters. The minimum absolute atomic E-state index is 0.0123. The summed E-state index contributed by atoms with van der Waals surface area (Å²) in [5, 5.41) is 10.2. The van der Waals surface area contributed by atoms with Gasteiger partial charge in [0.25, 0.3) is 0 Å². The first-order valence-electron chi connectivity index (χ1n) is 9.07. The third kappa shape index (κ3) is 5.66. The van der Waals surface area contributed by atoms with Crippen LogP contribution in [0.25, 0.3) is 11.3 Å². The Morgan fingerprint density at radius 3 is 2.52 bits per heavy atom. The number of rotatable bonds is 9. The predicted octanol–water partition coefficient (Wildman–Crippen LogP) is 5.15. The third-order valence-electron chi connectivity index (χ3n) is 4.18. The van der Waals surface area contributed by atoms with Crippen molar-refractivity contribution in [1.29, 1.82) is 0 Å². The zero-order chi connectivity index (χ0) is 19.1. The van der Waals surface area contributed by atoms with Gasteiger partial charge in [0.1, 0.15) is 5.75 Å². The quantitative estimate of drug-likeness (QED) is 0.521. The average molecular weight is 381 g/mol. The van der Waals surface area contributed by atoms with Crippen LogP contribution in [0, 0.1) is 6.92 Å². The Bertz CT molecular complexity index is 872. The predicted molar refractivity (Wildman–Crippen MR) is 109 cm³/mol. The maximum atomic E-state index is 11.2. The first-order chi connectivity index (χ1) is 13.1. The van der Waals surface area contributed by atoms with Crippen LogP contribution in [0.1, 0.15) is 28.3 Å². The van der Waals surface area contributed by atoms with E-state index in [1.807, 2.05) is 54.6 Å². The van der Waals surface area contributed by atoms with Gasteiger partial charge in [-0.2, -0.15) is 0 Å². The summed E-state index contributed by atoms with van der Waals surface area (Å²) >= 11 is 1.51. The second-order valence-corrected chi connectivity index (χ2v) is 7.60. The van der Waals surface area contributed by atoms with Gasteiger partial charge in [-0.25, -0.2) is 4.98 Å². The molecule has 0 fully saturated rings. The van der Waals surface area contributed by atoms with Crippen molar-refractivity contribution in [3.05, 3.63) is 70.0 Å². The summed E-state index contributed by atoms with van der Waals surface area (Å²) in [6.45, 7) is 2.72. The van der Waals surface area contributed by atoms with Gasteiger partial charge in [-0.1, -0.05) is 48.0 Å². The number of hydrogen-bond donors (Lipinski definition) is 1. The van der Waals surface area contributed by atoms with E-state index in [9.17, 15) is 9.90 Å². The number of thiazole rings is 1. The first-order valence-corrected chi connectivity index (χ1v) is 9.89. The molecule has 0 spiro atoms. The molecule has 0 aliphatic carbocycles. The maximum Gasteiger partial charge on any atom is 0.308 e. The molecule has 1 heterocycles. The molecule has 0 bridgehead atoms. The van der Waals surface area contributed by atoms with Crippen LogP contribution in [-0.2, 0) is 17.6 Å². The van der Waals surface area contributed by atoms with E-state index < -0.39 is 5.97 Å². The monoisotopic (exact) mass is 381 g/mol. The fourth-order valence-electron chi connectivity index (χ4n) is 2.79. The molecule has 0 atom stereocenters. The zero-order valence-electron chi connectivity index (χ0n) is 15.4. The van der Waals surface area contributed by atoms with E-state index in [0.717, 1.165) is 46.2 Å². The number of carboxylic acid groups (broad SMARTS) is 1. The number of hydrogen-bond acceptors (Lipinski definition) is 4. The van der Waals surface area contributed by atoms with Gasteiger partial charge < -0.3 is 9.84 Å². The fourth-order valence-corrected chi connectivity index (χ4v) is 3.91. The number of carbonyl (C=O) groups is 1. The van der Waals surface area contributed by atoms with Gasteiger partial charge in [0.15, 0.2) is 0 Å². The molecule has 0 saturated carbocycles. The normalized spacial score (nSPS) is 10.7. The molecule has 5 heteroatoms. The van der Waals surface area contributed by atoms with E-state index in [2.05, 4.69) is 6.92 Å². The van der Waals surface area contributed by atoms with Crippen molar-refractivity contribution in [3.8, 4) is 17.0 Å². The lowest BCUT2D eigenvalue weighted by molar-refractivity contribution is -0.136. The second kappa shape index (κ2) is 9.33. The van der Waals surface area contributed by atoms with Crippen molar-refractivity contribution < 1.29 is 14.6 Å². The number of ether oxygens (including phenoxy) is 1. The SMILES string of the molecule is Cc1ccc(OCCCCc2nc(-c3ccccc3)c(CC(=O)O)s2)cc1. The van der Waals surface area contributed by atoms with Crippen LogP contribution >= 0.6 is 11.3 Å². The van der Waals surface area contributed by atoms with Crippen molar-refractivity contribution in [3.63, 3.8) is 0 Å². The molecule has 0 amide bonds. The summed E-state index contributed by atoms with van der Waals surface area (Å²) in [7, 11) is 0. The summed E-state index contributed by atoms with van der Waals surface area (Å²) in [5.74, 6) is 0.0684. The number of benzene rings is 2. The van der Waals surface area contributed by atoms with E-state index in [1.165, 1.54) is 16.9 Å². The van der Waals surface area contributed by atoms with Crippen LogP contribution < -0.4 is 4.74 Å². The van der Waals surface area contributed by atoms with Crippen LogP contribution in [0.2, 0.25) is 0 Å². The van der Waals surface area contributed by atoms with Gasteiger partial charge >= 0.3 is 5.97 Å². The molecule has 0 saturated heterocycles. The largest absolute Gasteiger partial charge is 0.494 e. The van der Waals surface area contributed by atoms with Crippen LogP contribution in [0.3, 0.4) is 0 Å². The summed E-state index contributed by atoms with van der Waals surface area (Å²) in [4.78, 5) is 16.7. The van der Waals surface area contributed by atoms with Crippen molar-refractivity contribution in [2.75, 3.05) is 6.61 Å². The van der Waals surface area contributed by atoms with Gasteiger partial charge in [0.2, 0.25) is 0 Å². The molecular formula is C22H23NO3S. The molecule has 0 aliphatic heterocycles. The number of nitrogens with zero attached hydrogens (tertiary/aromatic N) is 1. The van der Waals surface area contributed by atoms with Gasteiger partial charge in [0, 0.05) is 10.4 Å². The third-order valence-corrected chi connectivity index (χ3v) is 5.29. The highest BCUT2D eigenvalue weighted by Crippen LogP contribution is 2.29. The zero-order valence-corrected chi connectivity index (χ0v) is 16.2. The van der Waals surface area contributed by atoms with E-state index in [4.69, 9.17) is 9.72 Å². The molecular weight excluding hydrogens is 358 g/mol. The van der Waals surface area contributed by atoms with Crippen molar-refractivity contribution in [1.82, 2.24) is 4.98 Å². The molecule has 1 N–H and O–H groups in total. The Labute approximate surface area is 163 Å². The number of unbranched alkanes of at least 4 members (excludes halogenated alkanes) is 1. The molecule has 0 aliphatic rings. The van der Waals surface area contributed by atoms with Crippen molar-refractivity contribution in [2.24, 2.45) is 0 Å². The minimum Gasteiger partial charge on any atom is -0.494 e. The number of carboxylic acids is 1. The Kier molecular flexibility index (Phi) is 6.60. The van der Waals surface area contributed by atoms with Gasteiger partial charge in [-0.3, -0.25) is 4.79 Å². The summed E-state index contributed by atoms with van der Waals surface area (Å²) in [6.07, 6.45) is 2.74. The lowest BCUT2D eigenvalue weighted by Crippen LogP contribution is -1.99. The molecule has 4 nitrogen and oxygen atoms in total. The van der Waals surface area contributed by atoms with E-state index >= 15 is 0 Å². The molecule has 27 heavy (non-hydrogen) atoms. The number of aliphatic carboxylic acids is 1. The number of aromatic nitrogens is 1. The average Bonchev–Trinajstić information content (AvgIpc) is 3.05. The minimum atomic E-state index is -0.825. The fraction of sp³-hybridized carbons (Fsp3) is 0.273. The lowest BCUT2D eigenvalue weighted by Gasteiger charge is -2.05. The van der Waals surface area contributed by atoms with E-state index in [-0.39, 0.29) is 6.42 Å². The maximum absolute atomic E-state index is 11.2. The summed E-state index contributed by atoms with van der Waals surface area (Å²) in [5.41, 5.74) is 2.99. The second-order valence-electron chi connectivity index (χ2n) is 6.43. The van der Waals surface area contributed by atoms with Gasteiger partial charge in [-0.15, -0.1) is 11.3 Å². The van der Waals surface area contributed by atoms with Gasteiger partial charge in [0.05, 0.1) is 23.7 Å². The Morgan fingerprint density at radius 2 is 1.81 bits per heavy atom. The van der Waals surface area contributed by atoms with Gasteiger partial charge in [-0.05, 0) is 38.3 Å². The molecule has 2 aromatic carbocycles. The smallest absolute Gasteiger partial charge is 0.308 e. The van der Waals surface area contributed by atoms with Crippen molar-refractivity contribution in [2.45, 2.75) is 32.6 Å². The topological polar surface area (TPSA) is 59.4 Å². The Balaban J connectivity index is 1.56. The first kappa shape index (κ1) is 19.1. The molecule has 3 rings (SSSR count). The highest BCUT2D eigenvalue weighted by atomic mass is 32.1. The summed E-state index contributed by atoms with van der Waals surface area (Å²) < 4.78 is 5.76. The highest BCUT2D eigenvalue weighted by Gasteiger charge is 2.15. The van der Waals surface area contributed by atoms with Crippen LogP contribution in [-0.4, -0.2) is 22.7 Å². The standard InChI is InChI=1S/C22H23NO3S/c1-16-10-12-18(13-11-16)26-14-6-5-9-20-23-22(17-7-3-2-4-8-17)19(27-20)15-21(24)25/h2-4,7-8,10-13H,5-6,9,14-15H2,1H3,(H,24,25). The van der Waals surface area contributed by atoms with E-state index in [0.29, 0.717) is 6.61 Å². The van der Waals surface area contributed by atoms with Crippen LogP contribution in [0.15, 0.2) is 54.6 Å². The molecule has 3 aromatic rings. The highest BCUT2D eigenvalue weighted by molar-refractivity contribution is 7.12. The van der Waals surface area contributed by atoms with Crippen molar-refractivity contribution >= 4 is 17.3 Å². The van der Waals surface area contributed by atoms with Crippen LogP contribution in [0.5, 0.6) is 5.75 Å². The number of aryl methyl sites for hydroxylation is 2. The lowest BCUT2D eigenvalue weighted by atomic mass is 10.1. The Hall–Kier alpha value is -2.66. The van der Waals surface area contributed by atoms with E-state index in [1.54, 1.807) is 0 Å². The van der Waals surface area contributed by atoms with Crippen LogP contribution in [0.4, 0.5) is 0 Å². The molecule has 1 aromatic heterocycles. The summed E-state index contributed by atoms with van der Waals surface area (Å²) in [6, 6.07) is 17.8. The Morgan fingerprint density at radius 1 is 1.07 bits per heavy atom. The molecule has 0 radical (unpaired) electrons.